The van der Waals surface area contributed by atoms with E-state index in [1.54, 1.807) is 0 Å². The van der Waals surface area contributed by atoms with Crippen LogP contribution in [0.5, 0.6) is 0 Å². The third kappa shape index (κ3) is 4.17. The molecule has 2 aliphatic carbocycles. The minimum absolute atomic E-state index is 0.245. The molecule has 4 nitrogen and oxygen atoms in total. The Hall–Kier alpha value is -1.20. The summed E-state index contributed by atoms with van der Waals surface area (Å²) in [5.74, 6) is 0.489. The molecule has 122 valence electrons. The van der Waals surface area contributed by atoms with Gasteiger partial charge >= 0.3 is 0 Å². The van der Waals surface area contributed by atoms with Crippen LogP contribution in [-0.2, 0) is 0 Å². The molecule has 0 aromatic carbocycles. The van der Waals surface area contributed by atoms with E-state index in [0.29, 0.717) is 13.1 Å². The summed E-state index contributed by atoms with van der Waals surface area (Å²) < 4.78 is 0. The van der Waals surface area contributed by atoms with Crippen LogP contribution in [0.4, 0.5) is 0 Å². The van der Waals surface area contributed by atoms with Crippen molar-refractivity contribution in [1.82, 2.24) is 4.90 Å². The Morgan fingerprint density at radius 3 is 1.41 bits per heavy atom. The van der Waals surface area contributed by atoms with Gasteiger partial charge in [0.25, 0.3) is 0 Å². The van der Waals surface area contributed by atoms with Crippen LogP contribution in [0.2, 0.25) is 0 Å². The van der Waals surface area contributed by atoms with E-state index < -0.39 is 5.54 Å². The van der Waals surface area contributed by atoms with Gasteiger partial charge in [0.05, 0.1) is 25.4 Å². The second-order valence-electron chi connectivity index (χ2n) is 6.12. The average molecular weight is 305 g/mol. The van der Waals surface area contributed by atoms with Crippen LogP contribution < -0.4 is 0 Å². The van der Waals surface area contributed by atoms with E-state index in [0.717, 1.165) is 12.8 Å². The number of hydrogen-bond acceptors (Lipinski definition) is 4. The second kappa shape index (κ2) is 8.44. The highest BCUT2D eigenvalue weighted by Crippen LogP contribution is 2.23. The molecule has 2 rings (SSSR count). The lowest BCUT2D eigenvalue weighted by Gasteiger charge is -2.42. The standard InChI is InChI=1S/C18H27NO3/c20-13-18(14-21,15-22)19(11-16-7-3-1-4-8-16)12-17-9-5-2-6-10-17/h3-10,16-17,20-22H,1-2,11-15H2. The summed E-state index contributed by atoms with van der Waals surface area (Å²) >= 11 is 0. The van der Waals surface area contributed by atoms with Crippen molar-refractivity contribution in [2.24, 2.45) is 11.8 Å². The third-order valence-corrected chi connectivity index (χ3v) is 4.49. The van der Waals surface area contributed by atoms with E-state index in [4.69, 9.17) is 0 Å². The van der Waals surface area contributed by atoms with Crippen molar-refractivity contribution in [3.63, 3.8) is 0 Å². The molecule has 0 aromatic heterocycles. The van der Waals surface area contributed by atoms with Crippen molar-refractivity contribution in [2.45, 2.75) is 18.4 Å². The van der Waals surface area contributed by atoms with Gasteiger partial charge in [-0.3, -0.25) is 4.90 Å². The number of allylic oxidation sites excluding steroid dienone is 4. The van der Waals surface area contributed by atoms with E-state index in [1.165, 1.54) is 0 Å². The van der Waals surface area contributed by atoms with Crippen LogP contribution in [0, 0.1) is 11.8 Å². The van der Waals surface area contributed by atoms with Gasteiger partial charge in [-0.05, 0) is 12.8 Å². The summed E-state index contributed by atoms with van der Waals surface area (Å²) in [4.78, 5) is 2.03. The number of aliphatic hydroxyl groups excluding tert-OH is 3. The molecule has 0 heterocycles. The smallest absolute Gasteiger partial charge is 0.0907 e. The highest BCUT2D eigenvalue weighted by Gasteiger charge is 2.36. The van der Waals surface area contributed by atoms with Crippen molar-refractivity contribution in [3.05, 3.63) is 48.6 Å². The molecule has 0 atom stereocenters. The molecule has 0 fully saturated rings. The van der Waals surface area contributed by atoms with Crippen LogP contribution in [-0.4, -0.2) is 58.7 Å². The maximum Gasteiger partial charge on any atom is 0.0907 e. The maximum absolute atomic E-state index is 9.77. The quantitative estimate of drug-likeness (QED) is 0.591. The van der Waals surface area contributed by atoms with Gasteiger partial charge in [-0.25, -0.2) is 0 Å². The molecule has 0 radical (unpaired) electrons. The molecule has 0 aromatic rings. The Labute approximate surface area is 132 Å². The third-order valence-electron chi connectivity index (χ3n) is 4.49. The molecule has 0 aliphatic heterocycles. The van der Waals surface area contributed by atoms with Crippen LogP contribution in [0.3, 0.4) is 0 Å². The number of hydrogen-bond donors (Lipinski definition) is 3. The molecule has 3 N–H and O–H groups in total. The Balaban J connectivity index is 2.14. The fourth-order valence-corrected chi connectivity index (χ4v) is 2.96. The van der Waals surface area contributed by atoms with Crippen LogP contribution in [0.25, 0.3) is 0 Å². The van der Waals surface area contributed by atoms with Crippen molar-refractivity contribution in [3.8, 4) is 0 Å². The second-order valence-corrected chi connectivity index (χ2v) is 6.12. The fourth-order valence-electron chi connectivity index (χ4n) is 2.96. The molecule has 22 heavy (non-hydrogen) atoms. The van der Waals surface area contributed by atoms with E-state index in [-0.39, 0.29) is 31.7 Å². The molecular formula is C18H27NO3. The van der Waals surface area contributed by atoms with Crippen molar-refractivity contribution in [1.29, 1.82) is 0 Å². The van der Waals surface area contributed by atoms with Crippen molar-refractivity contribution < 1.29 is 15.3 Å². The van der Waals surface area contributed by atoms with Crippen LogP contribution in [0.1, 0.15) is 12.8 Å². The maximum atomic E-state index is 9.77. The zero-order valence-corrected chi connectivity index (χ0v) is 13.0. The lowest BCUT2D eigenvalue weighted by molar-refractivity contribution is -0.0524. The highest BCUT2D eigenvalue weighted by atomic mass is 16.3. The zero-order valence-electron chi connectivity index (χ0n) is 13.0. The Kier molecular flexibility index (Phi) is 6.58. The highest BCUT2D eigenvalue weighted by molar-refractivity contribution is 5.13. The van der Waals surface area contributed by atoms with Crippen molar-refractivity contribution >= 4 is 0 Å². The molecule has 4 heteroatoms. The predicted octanol–water partition coefficient (Wildman–Crippen LogP) is 1.27. The van der Waals surface area contributed by atoms with Crippen LogP contribution >= 0.6 is 0 Å². The fraction of sp³-hybridized carbons (Fsp3) is 0.556. The van der Waals surface area contributed by atoms with Gasteiger partial charge in [-0.2, -0.15) is 0 Å². The monoisotopic (exact) mass is 305 g/mol. The van der Waals surface area contributed by atoms with Gasteiger partial charge in [0, 0.05) is 24.9 Å². The number of aliphatic hydroxyl groups is 3. The Morgan fingerprint density at radius 2 is 1.09 bits per heavy atom. The molecule has 0 saturated carbocycles. The average Bonchev–Trinajstić information content (AvgIpc) is 2.59. The summed E-state index contributed by atoms with van der Waals surface area (Å²) in [6.07, 6.45) is 19.0. The summed E-state index contributed by atoms with van der Waals surface area (Å²) in [7, 11) is 0. The Morgan fingerprint density at radius 1 is 0.727 bits per heavy atom. The molecule has 0 saturated heterocycles. The first-order valence-corrected chi connectivity index (χ1v) is 7.98. The SMILES string of the molecule is OCC(CO)(CO)N(CC1C=CCC=C1)CC1C=CCC=C1. The topological polar surface area (TPSA) is 63.9 Å². The molecule has 0 unspecified atom stereocenters. The van der Waals surface area contributed by atoms with E-state index in [2.05, 4.69) is 48.6 Å². The molecule has 0 bridgehead atoms. The summed E-state index contributed by atoms with van der Waals surface area (Å²) in [5, 5.41) is 29.3. The summed E-state index contributed by atoms with van der Waals surface area (Å²) in [6, 6.07) is 0. The van der Waals surface area contributed by atoms with Crippen molar-refractivity contribution in [2.75, 3.05) is 32.9 Å². The minimum Gasteiger partial charge on any atom is -0.394 e. The van der Waals surface area contributed by atoms with Gasteiger partial charge in [0.1, 0.15) is 0 Å². The van der Waals surface area contributed by atoms with E-state index in [9.17, 15) is 15.3 Å². The molecule has 0 amide bonds. The Bertz CT molecular complexity index is 385. The normalized spacial score (nSPS) is 19.5. The largest absolute Gasteiger partial charge is 0.394 e. The number of rotatable bonds is 8. The number of nitrogens with zero attached hydrogens (tertiary/aromatic N) is 1. The predicted molar refractivity (Wildman–Crippen MR) is 88.3 cm³/mol. The molecule has 2 aliphatic rings. The van der Waals surface area contributed by atoms with Gasteiger partial charge in [-0.1, -0.05) is 48.6 Å². The first-order chi connectivity index (χ1) is 10.7. The van der Waals surface area contributed by atoms with Gasteiger partial charge < -0.3 is 15.3 Å². The lowest BCUT2D eigenvalue weighted by atomic mass is 9.93. The van der Waals surface area contributed by atoms with Gasteiger partial charge in [0.2, 0.25) is 0 Å². The lowest BCUT2D eigenvalue weighted by Crippen LogP contribution is -2.59. The van der Waals surface area contributed by atoms with E-state index >= 15 is 0 Å². The first-order valence-electron chi connectivity index (χ1n) is 7.98. The first kappa shape index (κ1) is 17.2. The summed E-state index contributed by atoms with van der Waals surface area (Å²) in [6.45, 7) is 0.556. The van der Waals surface area contributed by atoms with Gasteiger partial charge in [0.15, 0.2) is 0 Å². The zero-order chi connectivity index (χ0) is 15.8. The van der Waals surface area contributed by atoms with E-state index in [1.807, 2.05) is 4.90 Å². The minimum atomic E-state index is -0.988. The summed E-state index contributed by atoms with van der Waals surface area (Å²) in [5.41, 5.74) is -0.988. The van der Waals surface area contributed by atoms with Crippen LogP contribution in [0.15, 0.2) is 48.6 Å². The molecule has 0 spiro atoms. The van der Waals surface area contributed by atoms with Gasteiger partial charge in [-0.15, -0.1) is 0 Å². The molecular weight excluding hydrogens is 278 g/mol.